The summed E-state index contributed by atoms with van der Waals surface area (Å²) in [5, 5.41) is 11.7. The average Bonchev–Trinajstić information content (AvgIpc) is 2.38. The molecule has 5 heteroatoms. The molecule has 1 amide bonds. The highest BCUT2D eigenvalue weighted by atomic mass is 16.4. The van der Waals surface area contributed by atoms with Crippen LogP contribution in [0.1, 0.15) is 18.9 Å². The van der Waals surface area contributed by atoms with Crippen molar-refractivity contribution in [2.45, 2.75) is 20.3 Å². The zero-order valence-electron chi connectivity index (χ0n) is 11.3. The summed E-state index contributed by atoms with van der Waals surface area (Å²) in [7, 11) is 0. The Kier molecular flexibility index (Phi) is 6.02. The molecule has 1 aromatic rings. The van der Waals surface area contributed by atoms with Gasteiger partial charge < -0.3 is 15.3 Å². The summed E-state index contributed by atoms with van der Waals surface area (Å²) < 4.78 is 0. The number of hydrogen-bond acceptors (Lipinski definition) is 3. The zero-order valence-corrected chi connectivity index (χ0v) is 11.3. The molecular weight excluding hydrogens is 244 g/mol. The molecule has 0 saturated heterocycles. The van der Waals surface area contributed by atoms with Gasteiger partial charge in [0.2, 0.25) is 5.91 Å². The summed E-state index contributed by atoms with van der Waals surface area (Å²) in [6.45, 7) is 4.98. The van der Waals surface area contributed by atoms with Crippen molar-refractivity contribution in [1.29, 1.82) is 0 Å². The molecule has 0 atom stereocenters. The number of carbonyl (C=O) groups excluding carboxylic acids is 1. The topological polar surface area (TPSA) is 69.6 Å². The van der Waals surface area contributed by atoms with E-state index in [-0.39, 0.29) is 25.4 Å². The van der Waals surface area contributed by atoms with Crippen molar-refractivity contribution in [3.05, 3.63) is 29.8 Å². The third-order valence-electron chi connectivity index (χ3n) is 2.72. The summed E-state index contributed by atoms with van der Waals surface area (Å²) in [6.07, 6.45) is -0.0637. The van der Waals surface area contributed by atoms with Crippen LogP contribution in [0, 0.1) is 6.92 Å². The highest BCUT2D eigenvalue weighted by Gasteiger charge is 2.16. The maximum Gasteiger partial charge on any atom is 0.305 e. The first-order chi connectivity index (χ1) is 9.04. The maximum atomic E-state index is 12.1. The monoisotopic (exact) mass is 264 g/mol. The second-order valence-electron chi connectivity index (χ2n) is 4.30. The van der Waals surface area contributed by atoms with Crippen LogP contribution in [0.4, 0.5) is 5.69 Å². The van der Waals surface area contributed by atoms with Crippen LogP contribution >= 0.6 is 0 Å². The largest absolute Gasteiger partial charge is 0.481 e. The number of anilines is 1. The number of aliphatic carboxylic acids is 1. The predicted molar refractivity (Wildman–Crippen MR) is 74.3 cm³/mol. The molecule has 0 saturated carbocycles. The van der Waals surface area contributed by atoms with Crippen LogP contribution in [0.3, 0.4) is 0 Å². The molecule has 0 aliphatic carbocycles. The number of likely N-dealkylation sites (N-methyl/N-ethyl adjacent to an activating group) is 1. The molecule has 2 N–H and O–H groups in total. The summed E-state index contributed by atoms with van der Waals surface area (Å²) in [6, 6.07) is 7.48. The first kappa shape index (κ1) is 15.2. The van der Waals surface area contributed by atoms with Gasteiger partial charge in [0.15, 0.2) is 0 Å². The van der Waals surface area contributed by atoms with E-state index in [2.05, 4.69) is 5.32 Å². The van der Waals surface area contributed by atoms with Crippen LogP contribution in [-0.2, 0) is 9.59 Å². The van der Waals surface area contributed by atoms with Crippen LogP contribution in [0.25, 0.3) is 0 Å². The predicted octanol–water partition coefficient (Wildman–Crippen LogP) is 1.41. The van der Waals surface area contributed by atoms with E-state index in [1.165, 1.54) is 4.90 Å². The average molecular weight is 264 g/mol. The summed E-state index contributed by atoms with van der Waals surface area (Å²) >= 11 is 0. The molecule has 0 bridgehead atoms. The number of benzene rings is 1. The lowest BCUT2D eigenvalue weighted by molar-refractivity contribution is -0.136. The SMILES string of the molecule is CCNCC(=O)N(CCC(=O)O)c1ccc(C)cc1. The van der Waals surface area contributed by atoms with Crippen LogP contribution in [0.15, 0.2) is 24.3 Å². The van der Waals surface area contributed by atoms with Crippen LogP contribution in [-0.4, -0.2) is 36.6 Å². The van der Waals surface area contributed by atoms with Gasteiger partial charge in [-0.2, -0.15) is 0 Å². The third-order valence-corrected chi connectivity index (χ3v) is 2.72. The van der Waals surface area contributed by atoms with Crippen molar-refractivity contribution < 1.29 is 14.7 Å². The normalized spacial score (nSPS) is 10.2. The number of amides is 1. The van der Waals surface area contributed by atoms with E-state index in [0.717, 1.165) is 11.3 Å². The standard InChI is InChI=1S/C14H20N2O3/c1-3-15-10-13(17)16(9-8-14(18)19)12-6-4-11(2)5-7-12/h4-7,15H,3,8-10H2,1-2H3,(H,18,19). The Balaban J connectivity index is 2.81. The minimum atomic E-state index is -0.909. The van der Waals surface area contributed by atoms with Crippen LogP contribution < -0.4 is 10.2 Å². The van der Waals surface area contributed by atoms with Gasteiger partial charge in [-0.25, -0.2) is 0 Å². The van der Waals surface area contributed by atoms with Crippen molar-refractivity contribution >= 4 is 17.6 Å². The second kappa shape index (κ2) is 7.53. The van der Waals surface area contributed by atoms with E-state index in [1.807, 2.05) is 38.1 Å². The Hall–Kier alpha value is -1.88. The zero-order chi connectivity index (χ0) is 14.3. The molecule has 0 aliphatic heterocycles. The van der Waals surface area contributed by atoms with E-state index >= 15 is 0 Å². The second-order valence-corrected chi connectivity index (χ2v) is 4.30. The number of carbonyl (C=O) groups is 2. The molecule has 0 fully saturated rings. The molecule has 0 aromatic heterocycles. The lowest BCUT2D eigenvalue weighted by Crippen LogP contribution is -2.39. The van der Waals surface area contributed by atoms with E-state index in [1.54, 1.807) is 0 Å². The van der Waals surface area contributed by atoms with Gasteiger partial charge in [-0.1, -0.05) is 24.6 Å². The fourth-order valence-corrected chi connectivity index (χ4v) is 1.66. The summed E-state index contributed by atoms with van der Waals surface area (Å²) in [5.74, 6) is -1.03. The molecule has 19 heavy (non-hydrogen) atoms. The lowest BCUT2D eigenvalue weighted by atomic mass is 10.2. The fourth-order valence-electron chi connectivity index (χ4n) is 1.66. The molecule has 1 aromatic carbocycles. The van der Waals surface area contributed by atoms with Crippen molar-refractivity contribution in [3.8, 4) is 0 Å². The molecule has 5 nitrogen and oxygen atoms in total. The fraction of sp³-hybridized carbons (Fsp3) is 0.429. The van der Waals surface area contributed by atoms with Gasteiger partial charge in [0.1, 0.15) is 0 Å². The van der Waals surface area contributed by atoms with Crippen molar-refractivity contribution in [2.75, 3.05) is 24.5 Å². The van der Waals surface area contributed by atoms with E-state index < -0.39 is 5.97 Å². The van der Waals surface area contributed by atoms with Gasteiger partial charge in [0.25, 0.3) is 0 Å². The van der Waals surface area contributed by atoms with Crippen LogP contribution in [0.5, 0.6) is 0 Å². The summed E-state index contributed by atoms with van der Waals surface area (Å²) in [5.41, 5.74) is 1.83. The number of carboxylic acids is 1. The summed E-state index contributed by atoms with van der Waals surface area (Å²) in [4.78, 5) is 24.3. The Morgan fingerprint density at radius 3 is 2.42 bits per heavy atom. The Morgan fingerprint density at radius 2 is 1.89 bits per heavy atom. The molecule has 0 radical (unpaired) electrons. The smallest absolute Gasteiger partial charge is 0.305 e. The first-order valence-electron chi connectivity index (χ1n) is 6.34. The number of carboxylic acid groups (broad SMARTS) is 1. The van der Waals surface area contributed by atoms with E-state index in [0.29, 0.717) is 6.54 Å². The van der Waals surface area contributed by atoms with E-state index in [9.17, 15) is 9.59 Å². The number of aryl methyl sites for hydroxylation is 1. The highest BCUT2D eigenvalue weighted by Crippen LogP contribution is 2.15. The third kappa shape index (κ3) is 5.09. The number of hydrogen-bond donors (Lipinski definition) is 2. The molecule has 0 heterocycles. The molecule has 0 spiro atoms. The molecule has 104 valence electrons. The van der Waals surface area contributed by atoms with Crippen molar-refractivity contribution in [3.63, 3.8) is 0 Å². The Morgan fingerprint density at radius 1 is 1.26 bits per heavy atom. The van der Waals surface area contributed by atoms with Gasteiger partial charge in [-0.15, -0.1) is 0 Å². The van der Waals surface area contributed by atoms with Gasteiger partial charge in [-0.05, 0) is 25.6 Å². The lowest BCUT2D eigenvalue weighted by Gasteiger charge is -2.22. The quantitative estimate of drug-likeness (QED) is 0.781. The minimum Gasteiger partial charge on any atom is -0.481 e. The highest BCUT2D eigenvalue weighted by molar-refractivity contribution is 5.95. The number of nitrogens with zero attached hydrogens (tertiary/aromatic N) is 1. The molecule has 1 rings (SSSR count). The first-order valence-corrected chi connectivity index (χ1v) is 6.34. The van der Waals surface area contributed by atoms with Gasteiger partial charge in [0, 0.05) is 12.2 Å². The maximum absolute atomic E-state index is 12.1. The van der Waals surface area contributed by atoms with Crippen molar-refractivity contribution in [2.24, 2.45) is 0 Å². The van der Waals surface area contributed by atoms with Gasteiger partial charge in [-0.3, -0.25) is 9.59 Å². The number of rotatable bonds is 7. The molecule has 0 aliphatic rings. The Labute approximate surface area is 113 Å². The number of nitrogens with one attached hydrogen (secondary N) is 1. The minimum absolute atomic E-state index is 0.0637. The van der Waals surface area contributed by atoms with Crippen molar-refractivity contribution in [1.82, 2.24) is 5.32 Å². The van der Waals surface area contributed by atoms with E-state index in [4.69, 9.17) is 5.11 Å². The Bertz CT molecular complexity index is 429. The molecule has 0 unspecified atom stereocenters. The van der Waals surface area contributed by atoms with Crippen LogP contribution in [0.2, 0.25) is 0 Å². The van der Waals surface area contributed by atoms with Gasteiger partial charge >= 0.3 is 5.97 Å². The molecular formula is C14H20N2O3. The van der Waals surface area contributed by atoms with Gasteiger partial charge in [0.05, 0.1) is 13.0 Å².